The highest BCUT2D eigenvalue weighted by atomic mass is 32.2. The second-order valence-corrected chi connectivity index (χ2v) is 11.1. The van der Waals surface area contributed by atoms with Crippen LogP contribution in [-0.4, -0.2) is 34.9 Å². The smallest absolute Gasteiger partial charge is 0.305 e. The lowest BCUT2D eigenvalue weighted by Gasteiger charge is -2.28. The van der Waals surface area contributed by atoms with Crippen LogP contribution in [-0.2, 0) is 20.4 Å². The van der Waals surface area contributed by atoms with E-state index in [1.165, 1.54) is 4.90 Å². The molecule has 1 aromatic rings. The molecule has 0 aliphatic rings. The Morgan fingerprint density at radius 1 is 1.00 bits per heavy atom. The van der Waals surface area contributed by atoms with Crippen LogP contribution in [0.1, 0.15) is 72.4 Å². The van der Waals surface area contributed by atoms with Crippen molar-refractivity contribution < 1.29 is 14.6 Å². The van der Waals surface area contributed by atoms with Gasteiger partial charge in [0.15, 0.2) is 0 Å². The molecule has 1 rings (SSSR count). The molecule has 0 aromatic heterocycles. The Labute approximate surface area is 174 Å². The van der Waals surface area contributed by atoms with Crippen molar-refractivity contribution in [3.63, 3.8) is 0 Å². The van der Waals surface area contributed by atoms with E-state index in [2.05, 4.69) is 53.7 Å². The summed E-state index contributed by atoms with van der Waals surface area (Å²) in [5.74, 6) is 3.38. The number of phenols is 1. The average Bonchev–Trinajstić information content (AvgIpc) is 2.53. The highest BCUT2D eigenvalue weighted by molar-refractivity contribution is 8.02. The molecule has 0 bridgehead atoms. The molecule has 0 fully saturated rings. The summed E-state index contributed by atoms with van der Waals surface area (Å²) in [5.41, 5.74) is 1.84. The first kappa shape index (κ1) is 24.2. The van der Waals surface area contributed by atoms with Crippen LogP contribution in [0.4, 0.5) is 0 Å². The molecular weight excluding hydrogens is 376 g/mol. The number of aromatic hydroxyl groups is 1. The minimum absolute atomic E-state index is 0.0947. The fourth-order valence-corrected chi connectivity index (χ4v) is 4.70. The number of thioether (sulfide) groups is 2. The molecule has 1 N–H and O–H groups in total. The molecule has 0 amide bonds. The molecule has 0 unspecified atom stereocenters. The molecule has 0 saturated heterocycles. The number of carbonyl (C=O) groups is 1. The molecule has 0 spiro atoms. The number of benzene rings is 1. The van der Waals surface area contributed by atoms with Gasteiger partial charge in [0.1, 0.15) is 5.75 Å². The number of carbonyl (C=O) groups excluding carboxylic acids is 1. The van der Waals surface area contributed by atoms with E-state index < -0.39 is 0 Å². The first-order valence-corrected chi connectivity index (χ1v) is 11.8. The van der Waals surface area contributed by atoms with Gasteiger partial charge in [-0.3, -0.25) is 4.79 Å². The second-order valence-electron chi connectivity index (χ2n) is 8.74. The third-order valence-corrected chi connectivity index (χ3v) is 6.48. The summed E-state index contributed by atoms with van der Waals surface area (Å²) in [7, 11) is 0. The van der Waals surface area contributed by atoms with Crippen molar-refractivity contribution in [2.45, 2.75) is 77.0 Å². The number of phenolic OH excluding ortho intramolecular Hbond substituents is 1. The lowest BCUT2D eigenvalue weighted by molar-refractivity contribution is -0.143. The molecule has 0 radical (unpaired) electrons. The molecule has 0 saturated carbocycles. The third kappa shape index (κ3) is 8.39. The number of hydrogen-bond donors (Lipinski definition) is 1. The minimum atomic E-state index is -0.0963. The van der Waals surface area contributed by atoms with E-state index in [9.17, 15) is 9.90 Å². The lowest BCUT2D eigenvalue weighted by Crippen LogP contribution is -2.17. The van der Waals surface area contributed by atoms with E-state index in [-0.39, 0.29) is 16.8 Å². The Hall–Kier alpha value is -0.810. The maximum Gasteiger partial charge on any atom is 0.305 e. The normalized spacial score (nSPS) is 12.3. The predicted octanol–water partition coefficient (Wildman–Crippen LogP) is 6.16. The van der Waals surface area contributed by atoms with Crippen molar-refractivity contribution in [1.29, 1.82) is 0 Å². The van der Waals surface area contributed by atoms with E-state index in [1.54, 1.807) is 0 Å². The van der Waals surface area contributed by atoms with Crippen molar-refractivity contribution >= 4 is 29.5 Å². The van der Waals surface area contributed by atoms with Crippen LogP contribution in [0.25, 0.3) is 0 Å². The Balaban J connectivity index is 2.61. The Kier molecular flexibility index (Phi) is 9.56. The molecule has 0 aliphatic carbocycles. The van der Waals surface area contributed by atoms with Gasteiger partial charge in [-0.15, -0.1) is 11.8 Å². The zero-order chi connectivity index (χ0) is 20.7. The predicted molar refractivity (Wildman–Crippen MR) is 119 cm³/mol. The Bertz CT molecular complexity index is 578. The van der Waals surface area contributed by atoms with Crippen molar-refractivity contribution in [1.82, 2.24) is 0 Å². The van der Waals surface area contributed by atoms with Gasteiger partial charge in [0.25, 0.3) is 0 Å². The van der Waals surface area contributed by atoms with E-state index >= 15 is 0 Å². The molecule has 0 heterocycles. The maximum absolute atomic E-state index is 11.3. The van der Waals surface area contributed by atoms with E-state index in [0.29, 0.717) is 18.8 Å². The van der Waals surface area contributed by atoms with Gasteiger partial charge in [-0.25, -0.2) is 0 Å². The van der Waals surface area contributed by atoms with E-state index in [0.717, 1.165) is 34.8 Å². The maximum atomic E-state index is 11.3. The Morgan fingerprint density at radius 2 is 1.56 bits per heavy atom. The van der Waals surface area contributed by atoms with Crippen molar-refractivity contribution in [2.24, 2.45) is 0 Å². The average molecular weight is 413 g/mol. The fraction of sp³-hybridized carbons (Fsp3) is 0.682. The zero-order valence-electron chi connectivity index (χ0n) is 18.0. The van der Waals surface area contributed by atoms with E-state index in [1.807, 2.05) is 30.4 Å². The Morgan fingerprint density at radius 3 is 2.04 bits per heavy atom. The SMILES string of the molecule is CCOC(=O)CCCSCCSc1cc(C(C)(C)C)c(O)c(C(C)(C)C)c1. The van der Waals surface area contributed by atoms with E-state index in [4.69, 9.17) is 4.74 Å². The quantitative estimate of drug-likeness (QED) is 0.299. The van der Waals surface area contributed by atoms with Gasteiger partial charge in [0.05, 0.1) is 6.61 Å². The summed E-state index contributed by atoms with van der Waals surface area (Å²) in [6, 6.07) is 4.28. The summed E-state index contributed by atoms with van der Waals surface area (Å²) in [4.78, 5) is 12.5. The molecule has 27 heavy (non-hydrogen) atoms. The van der Waals surface area contributed by atoms with Crippen LogP contribution in [0, 0.1) is 0 Å². The first-order chi connectivity index (χ1) is 12.5. The summed E-state index contributed by atoms with van der Waals surface area (Å²) in [6.07, 6.45) is 1.38. The highest BCUT2D eigenvalue weighted by Gasteiger charge is 2.26. The van der Waals surface area contributed by atoms with Gasteiger partial charge in [-0.1, -0.05) is 41.5 Å². The monoisotopic (exact) mass is 412 g/mol. The van der Waals surface area contributed by atoms with Gasteiger partial charge >= 0.3 is 5.97 Å². The second kappa shape index (κ2) is 10.7. The topological polar surface area (TPSA) is 46.5 Å². The fourth-order valence-electron chi connectivity index (χ4n) is 2.71. The largest absolute Gasteiger partial charge is 0.507 e. The zero-order valence-corrected chi connectivity index (χ0v) is 19.6. The summed E-state index contributed by atoms with van der Waals surface area (Å²) >= 11 is 3.72. The number of ether oxygens (including phenoxy) is 1. The van der Waals surface area contributed by atoms with Crippen LogP contribution in [0.15, 0.2) is 17.0 Å². The van der Waals surface area contributed by atoms with Gasteiger partial charge < -0.3 is 9.84 Å². The number of rotatable bonds is 9. The van der Waals surface area contributed by atoms with Crippen LogP contribution in [0.3, 0.4) is 0 Å². The van der Waals surface area contributed by atoms with Crippen LogP contribution in [0.5, 0.6) is 5.75 Å². The standard InChI is InChI=1S/C22H36O3S2/c1-8-25-19(23)10-9-11-26-12-13-27-16-14-17(21(2,3)4)20(24)18(15-16)22(5,6)7/h14-15,24H,8-13H2,1-7H3. The summed E-state index contributed by atoms with van der Waals surface area (Å²) in [6.45, 7) is 15.1. The molecular formula is C22H36O3S2. The number of hydrogen-bond acceptors (Lipinski definition) is 5. The van der Waals surface area contributed by atoms with Gasteiger partial charge in [-0.2, -0.15) is 11.8 Å². The third-order valence-electron chi connectivity index (χ3n) is 4.17. The summed E-state index contributed by atoms with van der Waals surface area (Å²) < 4.78 is 4.94. The number of esters is 1. The van der Waals surface area contributed by atoms with Crippen molar-refractivity contribution in [3.05, 3.63) is 23.3 Å². The van der Waals surface area contributed by atoms with Crippen LogP contribution in [0.2, 0.25) is 0 Å². The highest BCUT2D eigenvalue weighted by Crippen LogP contribution is 2.41. The molecule has 5 heteroatoms. The first-order valence-electron chi connectivity index (χ1n) is 9.71. The summed E-state index contributed by atoms with van der Waals surface area (Å²) in [5, 5.41) is 10.8. The van der Waals surface area contributed by atoms with Crippen LogP contribution < -0.4 is 0 Å². The van der Waals surface area contributed by atoms with Crippen LogP contribution >= 0.6 is 23.5 Å². The van der Waals surface area contributed by atoms with Gasteiger partial charge in [-0.05, 0) is 42.1 Å². The molecule has 3 nitrogen and oxygen atoms in total. The van der Waals surface area contributed by atoms with Gasteiger partial charge in [0.2, 0.25) is 0 Å². The molecule has 0 aliphatic heterocycles. The van der Waals surface area contributed by atoms with Crippen molar-refractivity contribution in [3.8, 4) is 5.75 Å². The van der Waals surface area contributed by atoms with Crippen molar-refractivity contribution in [2.75, 3.05) is 23.9 Å². The molecule has 0 atom stereocenters. The minimum Gasteiger partial charge on any atom is -0.507 e. The molecule has 1 aromatic carbocycles. The molecule has 154 valence electrons. The van der Waals surface area contributed by atoms with Gasteiger partial charge in [0, 0.05) is 33.9 Å². The lowest BCUT2D eigenvalue weighted by atomic mass is 9.79.